The van der Waals surface area contributed by atoms with Crippen LogP contribution in [0.1, 0.15) is 40.0 Å². The third-order valence-electron chi connectivity index (χ3n) is 5.57. The summed E-state index contributed by atoms with van der Waals surface area (Å²) in [6.07, 6.45) is 2.85. The number of nitrogens with two attached hydrogens (primary N) is 1. The number of amides is 1. The smallest absolute Gasteiger partial charge is 0.255 e. The summed E-state index contributed by atoms with van der Waals surface area (Å²) in [5.41, 5.74) is 8.30. The highest BCUT2D eigenvalue weighted by Gasteiger charge is 2.17. The van der Waals surface area contributed by atoms with Crippen molar-refractivity contribution in [1.82, 2.24) is 15.3 Å². The lowest BCUT2D eigenvalue weighted by atomic mass is 10.0. The SMILES string of the molecule is C[C@H](NC(=O)c1cc(C#N)cnc1NCc1ccc(-c2ccc(N)nc2)c(F)c1)c1ccc(F)cc1. The Bertz CT molecular complexity index is 1430. The lowest BCUT2D eigenvalue weighted by Crippen LogP contribution is -2.28. The third-order valence-corrected chi connectivity index (χ3v) is 5.57. The first-order chi connectivity index (χ1) is 17.3. The number of nitrogen functional groups attached to an aromatic ring is 1. The average Bonchev–Trinajstić information content (AvgIpc) is 2.88. The first-order valence-corrected chi connectivity index (χ1v) is 11.0. The van der Waals surface area contributed by atoms with E-state index in [1.807, 2.05) is 6.07 Å². The number of halogens is 2. The van der Waals surface area contributed by atoms with E-state index in [1.165, 1.54) is 36.7 Å². The second-order valence-electron chi connectivity index (χ2n) is 8.12. The van der Waals surface area contributed by atoms with Crippen LogP contribution in [0.4, 0.5) is 20.4 Å². The van der Waals surface area contributed by atoms with E-state index in [9.17, 15) is 18.8 Å². The van der Waals surface area contributed by atoms with Crippen molar-refractivity contribution in [1.29, 1.82) is 5.26 Å². The summed E-state index contributed by atoms with van der Waals surface area (Å²) >= 11 is 0. The van der Waals surface area contributed by atoms with Gasteiger partial charge in [0.25, 0.3) is 5.91 Å². The van der Waals surface area contributed by atoms with Crippen molar-refractivity contribution in [2.45, 2.75) is 19.5 Å². The summed E-state index contributed by atoms with van der Waals surface area (Å²) in [7, 11) is 0. The molecule has 0 unspecified atom stereocenters. The van der Waals surface area contributed by atoms with Crippen molar-refractivity contribution in [3.8, 4) is 17.2 Å². The molecule has 0 saturated carbocycles. The molecule has 0 aliphatic carbocycles. The summed E-state index contributed by atoms with van der Waals surface area (Å²) < 4.78 is 28.0. The molecular formula is C27H22F2N6O. The van der Waals surface area contributed by atoms with Gasteiger partial charge in [-0.15, -0.1) is 0 Å². The molecule has 0 saturated heterocycles. The van der Waals surface area contributed by atoms with Crippen molar-refractivity contribution in [2.75, 3.05) is 11.1 Å². The number of hydrogen-bond acceptors (Lipinski definition) is 6. The number of rotatable bonds is 7. The zero-order valence-corrected chi connectivity index (χ0v) is 19.3. The Balaban J connectivity index is 1.51. The molecule has 7 nitrogen and oxygen atoms in total. The van der Waals surface area contributed by atoms with Gasteiger partial charge in [-0.05, 0) is 54.4 Å². The molecule has 36 heavy (non-hydrogen) atoms. The molecule has 2 aromatic heterocycles. The van der Waals surface area contributed by atoms with Gasteiger partial charge in [0.2, 0.25) is 0 Å². The number of nitrogens with zero attached hydrogens (tertiary/aromatic N) is 3. The molecular weight excluding hydrogens is 462 g/mol. The lowest BCUT2D eigenvalue weighted by molar-refractivity contribution is 0.0940. The molecule has 0 bridgehead atoms. The molecule has 0 fully saturated rings. The Labute approximate surface area is 206 Å². The van der Waals surface area contributed by atoms with Gasteiger partial charge in [-0.25, -0.2) is 18.7 Å². The second kappa shape index (κ2) is 10.6. The van der Waals surface area contributed by atoms with Crippen LogP contribution in [0.5, 0.6) is 0 Å². The fourth-order valence-corrected chi connectivity index (χ4v) is 3.60. The summed E-state index contributed by atoms with van der Waals surface area (Å²) in [5.74, 6) is -0.674. The molecule has 0 aliphatic rings. The molecule has 9 heteroatoms. The predicted octanol–water partition coefficient (Wildman–Crippen LogP) is 4.98. The number of carbonyl (C=O) groups excluding carboxylic acids is 1. The van der Waals surface area contributed by atoms with Gasteiger partial charge in [-0.1, -0.05) is 24.3 Å². The molecule has 4 N–H and O–H groups in total. The number of anilines is 2. The van der Waals surface area contributed by atoms with Crippen molar-refractivity contribution >= 4 is 17.5 Å². The molecule has 0 aliphatic heterocycles. The van der Waals surface area contributed by atoms with E-state index in [0.29, 0.717) is 22.5 Å². The summed E-state index contributed by atoms with van der Waals surface area (Å²) in [5, 5.41) is 15.1. The highest BCUT2D eigenvalue weighted by Crippen LogP contribution is 2.24. The molecule has 1 atom stereocenters. The van der Waals surface area contributed by atoms with Gasteiger partial charge in [0, 0.05) is 30.1 Å². The van der Waals surface area contributed by atoms with Gasteiger partial charge < -0.3 is 16.4 Å². The summed E-state index contributed by atoms with van der Waals surface area (Å²) in [6.45, 7) is 1.95. The minimum Gasteiger partial charge on any atom is -0.384 e. The van der Waals surface area contributed by atoms with E-state index in [2.05, 4.69) is 20.6 Å². The normalized spacial score (nSPS) is 11.4. The van der Waals surface area contributed by atoms with Gasteiger partial charge in [-0.2, -0.15) is 5.26 Å². The van der Waals surface area contributed by atoms with Crippen LogP contribution in [-0.4, -0.2) is 15.9 Å². The number of hydrogen-bond donors (Lipinski definition) is 3. The minimum absolute atomic E-state index is 0.160. The highest BCUT2D eigenvalue weighted by atomic mass is 19.1. The Morgan fingerprint density at radius 3 is 2.50 bits per heavy atom. The predicted molar refractivity (Wildman–Crippen MR) is 133 cm³/mol. The fourth-order valence-electron chi connectivity index (χ4n) is 3.60. The minimum atomic E-state index is -0.462. The molecule has 2 heterocycles. The van der Waals surface area contributed by atoms with Crippen molar-refractivity contribution < 1.29 is 13.6 Å². The molecule has 4 aromatic rings. The first kappa shape index (κ1) is 24.3. The van der Waals surface area contributed by atoms with Crippen LogP contribution in [0.15, 0.2) is 73.1 Å². The number of pyridine rings is 2. The van der Waals surface area contributed by atoms with Gasteiger partial charge in [0.1, 0.15) is 29.3 Å². The maximum Gasteiger partial charge on any atom is 0.255 e. The van der Waals surface area contributed by atoms with Crippen LogP contribution < -0.4 is 16.4 Å². The van der Waals surface area contributed by atoms with E-state index < -0.39 is 17.8 Å². The number of nitrogens with one attached hydrogen (secondary N) is 2. The van der Waals surface area contributed by atoms with Crippen LogP contribution in [0, 0.1) is 23.0 Å². The van der Waals surface area contributed by atoms with E-state index in [4.69, 9.17) is 5.73 Å². The van der Waals surface area contributed by atoms with Crippen molar-refractivity contribution in [3.63, 3.8) is 0 Å². The fraction of sp³-hybridized carbons (Fsp3) is 0.111. The number of carbonyl (C=O) groups is 1. The van der Waals surface area contributed by atoms with Gasteiger partial charge in [0.15, 0.2) is 0 Å². The van der Waals surface area contributed by atoms with E-state index in [1.54, 1.807) is 43.3 Å². The van der Waals surface area contributed by atoms with E-state index >= 15 is 0 Å². The van der Waals surface area contributed by atoms with Crippen LogP contribution in [-0.2, 0) is 6.54 Å². The summed E-state index contributed by atoms with van der Waals surface area (Å²) in [4.78, 5) is 21.2. The van der Waals surface area contributed by atoms with Gasteiger partial charge in [0.05, 0.1) is 17.2 Å². The number of benzene rings is 2. The molecule has 1 amide bonds. The Kier molecular flexibility index (Phi) is 7.16. The average molecular weight is 485 g/mol. The molecule has 0 radical (unpaired) electrons. The number of nitriles is 1. The highest BCUT2D eigenvalue weighted by molar-refractivity contribution is 5.99. The van der Waals surface area contributed by atoms with E-state index in [0.717, 1.165) is 5.56 Å². The summed E-state index contributed by atoms with van der Waals surface area (Å²) in [6, 6.07) is 16.9. The van der Waals surface area contributed by atoms with Gasteiger partial charge >= 0.3 is 0 Å². The van der Waals surface area contributed by atoms with Crippen molar-refractivity contribution in [3.05, 3.63) is 107 Å². The maximum atomic E-state index is 14.8. The number of aromatic nitrogens is 2. The quantitative estimate of drug-likeness (QED) is 0.341. The Morgan fingerprint density at radius 1 is 1.06 bits per heavy atom. The largest absolute Gasteiger partial charge is 0.384 e. The van der Waals surface area contributed by atoms with Crippen LogP contribution in [0.2, 0.25) is 0 Å². The lowest BCUT2D eigenvalue weighted by Gasteiger charge is -2.17. The second-order valence-corrected chi connectivity index (χ2v) is 8.12. The van der Waals surface area contributed by atoms with Gasteiger partial charge in [-0.3, -0.25) is 4.79 Å². The van der Waals surface area contributed by atoms with Crippen LogP contribution >= 0.6 is 0 Å². The molecule has 180 valence electrons. The third kappa shape index (κ3) is 5.62. The standard InChI is InChI=1S/C27H22F2N6O/c1-16(19-3-6-21(28)7-4-19)35-27(36)23-10-18(12-30)14-34-26(23)33-13-17-2-8-22(24(29)11-17)20-5-9-25(31)32-15-20/h2-11,14-16H,13H2,1H3,(H2,31,32)(H,33,34)(H,35,36)/t16-/m0/s1. The van der Waals surface area contributed by atoms with Crippen LogP contribution in [0.3, 0.4) is 0 Å². The van der Waals surface area contributed by atoms with Crippen molar-refractivity contribution in [2.24, 2.45) is 0 Å². The zero-order valence-electron chi connectivity index (χ0n) is 19.3. The topological polar surface area (TPSA) is 117 Å². The maximum absolute atomic E-state index is 14.8. The monoisotopic (exact) mass is 484 g/mol. The van der Waals surface area contributed by atoms with E-state index in [-0.39, 0.29) is 29.3 Å². The first-order valence-electron chi connectivity index (χ1n) is 11.0. The molecule has 4 rings (SSSR count). The molecule has 0 spiro atoms. The Hall–Kier alpha value is -4.84. The zero-order chi connectivity index (χ0) is 25.7. The molecule has 2 aromatic carbocycles. The Morgan fingerprint density at radius 2 is 1.83 bits per heavy atom. The van der Waals surface area contributed by atoms with Crippen LogP contribution in [0.25, 0.3) is 11.1 Å².